The molecule has 0 radical (unpaired) electrons. The van der Waals surface area contributed by atoms with E-state index >= 15 is 0 Å². The largest absolute Gasteiger partial charge is 0.399 e. The van der Waals surface area contributed by atoms with Gasteiger partial charge in [-0.2, -0.15) is 4.31 Å². The number of nitrogen functional groups attached to an aromatic ring is 1. The molecule has 7 nitrogen and oxygen atoms in total. The summed E-state index contributed by atoms with van der Waals surface area (Å²) >= 11 is 0. The Morgan fingerprint density at radius 3 is 2.62 bits per heavy atom. The van der Waals surface area contributed by atoms with Gasteiger partial charge in [-0.1, -0.05) is 0 Å². The first-order valence-electron chi connectivity index (χ1n) is 6.78. The fourth-order valence-corrected chi connectivity index (χ4v) is 4.00. The first kappa shape index (κ1) is 15.6. The van der Waals surface area contributed by atoms with Crippen LogP contribution in [-0.4, -0.2) is 38.4 Å². The standard InChI is InChI=1S/C13H20N4O3S/c14-11-3-5-12(6-4-11)21(19,20)17-7-1-2-10(9-17)8-16-13(15)18/h3-6,10H,1-2,7-9,14H2,(H3,15,16,18). The topological polar surface area (TPSA) is 119 Å². The molecule has 1 aromatic carbocycles. The Labute approximate surface area is 124 Å². The van der Waals surface area contributed by atoms with Crippen LogP contribution in [-0.2, 0) is 10.0 Å². The van der Waals surface area contributed by atoms with Crippen molar-refractivity contribution in [2.24, 2.45) is 11.7 Å². The number of anilines is 1. The molecular formula is C13H20N4O3S. The highest BCUT2D eigenvalue weighted by atomic mass is 32.2. The van der Waals surface area contributed by atoms with Crippen molar-refractivity contribution in [2.75, 3.05) is 25.4 Å². The van der Waals surface area contributed by atoms with Gasteiger partial charge in [0.1, 0.15) is 0 Å². The number of amides is 2. The zero-order valence-electron chi connectivity index (χ0n) is 11.7. The SMILES string of the molecule is NC(=O)NCC1CCCN(S(=O)(=O)c2ccc(N)cc2)C1. The Morgan fingerprint density at radius 1 is 1.33 bits per heavy atom. The molecule has 8 heteroatoms. The second-order valence-electron chi connectivity index (χ2n) is 5.19. The Bertz CT molecular complexity index is 600. The van der Waals surface area contributed by atoms with Crippen molar-refractivity contribution in [1.82, 2.24) is 9.62 Å². The van der Waals surface area contributed by atoms with Gasteiger partial charge in [-0.05, 0) is 43.0 Å². The fourth-order valence-electron chi connectivity index (χ4n) is 2.45. The van der Waals surface area contributed by atoms with Gasteiger partial charge in [-0.15, -0.1) is 0 Å². The molecule has 1 saturated heterocycles. The van der Waals surface area contributed by atoms with Crippen LogP contribution in [0.15, 0.2) is 29.2 Å². The molecule has 21 heavy (non-hydrogen) atoms. The summed E-state index contributed by atoms with van der Waals surface area (Å²) in [6, 6.07) is 5.58. The van der Waals surface area contributed by atoms with E-state index in [-0.39, 0.29) is 10.8 Å². The Kier molecular flexibility index (Phi) is 4.69. The first-order chi connectivity index (χ1) is 9.89. The molecule has 0 bridgehead atoms. The van der Waals surface area contributed by atoms with Crippen molar-refractivity contribution in [3.05, 3.63) is 24.3 Å². The number of carbonyl (C=O) groups excluding carboxylic acids is 1. The monoisotopic (exact) mass is 312 g/mol. The molecule has 0 aromatic heterocycles. The van der Waals surface area contributed by atoms with Gasteiger partial charge in [-0.25, -0.2) is 13.2 Å². The summed E-state index contributed by atoms with van der Waals surface area (Å²) in [6.45, 7) is 1.26. The number of piperidine rings is 1. The molecule has 5 N–H and O–H groups in total. The van der Waals surface area contributed by atoms with Gasteiger partial charge in [0.25, 0.3) is 0 Å². The van der Waals surface area contributed by atoms with E-state index in [4.69, 9.17) is 11.5 Å². The van der Waals surface area contributed by atoms with E-state index in [2.05, 4.69) is 5.32 Å². The molecule has 2 rings (SSSR count). The van der Waals surface area contributed by atoms with E-state index in [1.165, 1.54) is 16.4 Å². The molecular weight excluding hydrogens is 292 g/mol. The van der Waals surface area contributed by atoms with Crippen LogP contribution < -0.4 is 16.8 Å². The Morgan fingerprint density at radius 2 is 2.00 bits per heavy atom. The summed E-state index contributed by atoms with van der Waals surface area (Å²) in [4.78, 5) is 11.0. The molecule has 1 aromatic rings. The molecule has 1 aliphatic heterocycles. The predicted octanol–water partition coefficient (Wildman–Crippen LogP) is 0.338. The van der Waals surface area contributed by atoms with Crippen molar-refractivity contribution in [3.63, 3.8) is 0 Å². The maximum Gasteiger partial charge on any atom is 0.312 e. The first-order valence-corrected chi connectivity index (χ1v) is 8.22. The molecule has 116 valence electrons. The van der Waals surface area contributed by atoms with Crippen molar-refractivity contribution in [1.29, 1.82) is 0 Å². The highest BCUT2D eigenvalue weighted by molar-refractivity contribution is 7.89. The maximum atomic E-state index is 12.6. The van der Waals surface area contributed by atoms with Gasteiger partial charge in [0.15, 0.2) is 0 Å². The third-order valence-corrected chi connectivity index (χ3v) is 5.44. The normalized spacial score (nSPS) is 20.1. The van der Waals surface area contributed by atoms with Crippen molar-refractivity contribution >= 4 is 21.7 Å². The third-order valence-electron chi connectivity index (χ3n) is 3.56. The number of nitrogens with one attached hydrogen (secondary N) is 1. The summed E-state index contributed by atoms with van der Waals surface area (Å²) in [6.07, 6.45) is 1.63. The number of nitrogens with zero attached hydrogens (tertiary/aromatic N) is 1. The highest BCUT2D eigenvalue weighted by Crippen LogP contribution is 2.23. The molecule has 1 fully saturated rings. The molecule has 0 aliphatic carbocycles. The average Bonchev–Trinajstić information content (AvgIpc) is 2.46. The van der Waals surface area contributed by atoms with Gasteiger partial charge < -0.3 is 16.8 Å². The van der Waals surface area contributed by atoms with Gasteiger partial charge in [0.05, 0.1) is 4.90 Å². The summed E-state index contributed by atoms with van der Waals surface area (Å²) in [5.74, 6) is 0.0785. The van der Waals surface area contributed by atoms with Gasteiger partial charge in [0.2, 0.25) is 10.0 Å². The number of sulfonamides is 1. The van der Waals surface area contributed by atoms with Crippen LogP contribution in [0.25, 0.3) is 0 Å². The van der Waals surface area contributed by atoms with Crippen LogP contribution >= 0.6 is 0 Å². The number of hydrogen-bond donors (Lipinski definition) is 3. The van der Waals surface area contributed by atoms with Crippen LogP contribution in [0.4, 0.5) is 10.5 Å². The van der Waals surface area contributed by atoms with Crippen molar-refractivity contribution < 1.29 is 13.2 Å². The van der Waals surface area contributed by atoms with E-state index in [1.54, 1.807) is 12.1 Å². The minimum absolute atomic E-state index is 0.0785. The van der Waals surface area contributed by atoms with Gasteiger partial charge in [-0.3, -0.25) is 0 Å². The molecule has 1 unspecified atom stereocenters. The van der Waals surface area contributed by atoms with E-state index in [0.29, 0.717) is 25.3 Å². The molecule has 2 amide bonds. The lowest BCUT2D eigenvalue weighted by molar-refractivity contribution is 0.236. The molecule has 1 aliphatic rings. The number of urea groups is 1. The second kappa shape index (κ2) is 6.31. The van der Waals surface area contributed by atoms with E-state index in [9.17, 15) is 13.2 Å². The van der Waals surface area contributed by atoms with E-state index in [1.807, 2.05) is 0 Å². The number of rotatable bonds is 4. The fraction of sp³-hybridized carbons (Fsp3) is 0.462. The van der Waals surface area contributed by atoms with Crippen LogP contribution in [0.3, 0.4) is 0 Å². The van der Waals surface area contributed by atoms with E-state index in [0.717, 1.165) is 12.8 Å². The lowest BCUT2D eigenvalue weighted by Gasteiger charge is -2.31. The minimum Gasteiger partial charge on any atom is -0.399 e. The summed E-state index contributed by atoms with van der Waals surface area (Å²) in [7, 11) is -3.52. The summed E-state index contributed by atoms with van der Waals surface area (Å²) in [5, 5.41) is 2.54. The zero-order valence-corrected chi connectivity index (χ0v) is 12.5. The highest BCUT2D eigenvalue weighted by Gasteiger charge is 2.30. The second-order valence-corrected chi connectivity index (χ2v) is 7.12. The van der Waals surface area contributed by atoms with Crippen molar-refractivity contribution in [2.45, 2.75) is 17.7 Å². The predicted molar refractivity (Wildman–Crippen MR) is 79.9 cm³/mol. The summed E-state index contributed by atoms with van der Waals surface area (Å²) in [5.41, 5.74) is 11.1. The van der Waals surface area contributed by atoms with Crippen LogP contribution in [0.5, 0.6) is 0 Å². The smallest absolute Gasteiger partial charge is 0.312 e. The van der Waals surface area contributed by atoms with Gasteiger partial charge in [0, 0.05) is 25.3 Å². The van der Waals surface area contributed by atoms with Crippen molar-refractivity contribution in [3.8, 4) is 0 Å². The minimum atomic E-state index is -3.52. The molecule has 0 saturated carbocycles. The zero-order chi connectivity index (χ0) is 15.5. The number of carbonyl (C=O) groups is 1. The summed E-state index contributed by atoms with van der Waals surface area (Å²) < 4.78 is 26.6. The van der Waals surface area contributed by atoms with Crippen LogP contribution in [0.1, 0.15) is 12.8 Å². The third kappa shape index (κ3) is 3.85. The molecule has 0 spiro atoms. The lowest BCUT2D eigenvalue weighted by atomic mass is 10.00. The number of primary amides is 1. The maximum absolute atomic E-state index is 12.6. The van der Waals surface area contributed by atoms with Crippen LogP contribution in [0, 0.1) is 5.92 Å². The molecule has 1 heterocycles. The lowest BCUT2D eigenvalue weighted by Crippen LogP contribution is -2.44. The van der Waals surface area contributed by atoms with Gasteiger partial charge >= 0.3 is 6.03 Å². The number of nitrogens with two attached hydrogens (primary N) is 2. The number of hydrogen-bond acceptors (Lipinski definition) is 4. The van der Waals surface area contributed by atoms with E-state index < -0.39 is 16.1 Å². The Hall–Kier alpha value is -1.80. The number of benzene rings is 1. The Balaban J connectivity index is 2.09. The average molecular weight is 312 g/mol. The molecule has 1 atom stereocenters. The quantitative estimate of drug-likeness (QED) is 0.694. The van der Waals surface area contributed by atoms with Crippen LogP contribution in [0.2, 0.25) is 0 Å².